The van der Waals surface area contributed by atoms with Gasteiger partial charge in [-0.15, -0.1) is 0 Å². The minimum absolute atomic E-state index is 0.115. The molecule has 0 unspecified atom stereocenters. The molecule has 5 nitrogen and oxygen atoms in total. The zero-order valence-corrected chi connectivity index (χ0v) is 11.4. The molecule has 0 aliphatic carbocycles. The topological polar surface area (TPSA) is 72.6 Å². The van der Waals surface area contributed by atoms with Gasteiger partial charge in [-0.05, 0) is 42.3 Å². The Kier molecular flexibility index (Phi) is 3.31. The van der Waals surface area contributed by atoms with Gasteiger partial charge in [0, 0.05) is 0 Å². The van der Waals surface area contributed by atoms with Crippen LogP contribution in [0.3, 0.4) is 0 Å². The van der Waals surface area contributed by atoms with Gasteiger partial charge in [0.05, 0.1) is 12.0 Å². The van der Waals surface area contributed by atoms with E-state index < -0.39 is 5.97 Å². The molecule has 0 fully saturated rings. The third-order valence-electron chi connectivity index (χ3n) is 3.14. The Morgan fingerprint density at radius 1 is 1.19 bits per heavy atom. The maximum Gasteiger partial charge on any atom is 0.377 e. The highest BCUT2D eigenvalue weighted by Crippen LogP contribution is 2.27. The van der Waals surface area contributed by atoms with Gasteiger partial charge < -0.3 is 14.4 Å². The molecule has 0 aliphatic heterocycles. The fraction of sp³-hybridized carbons (Fsp3) is 0.125. The number of phenolic OH excluding ortho intramolecular Hbond substituents is 1. The Balaban J connectivity index is 2.02. The van der Waals surface area contributed by atoms with Crippen LogP contribution in [0.25, 0.3) is 22.0 Å². The summed E-state index contributed by atoms with van der Waals surface area (Å²) >= 11 is 0. The third-order valence-corrected chi connectivity index (χ3v) is 3.14. The van der Waals surface area contributed by atoms with Crippen molar-refractivity contribution in [3.63, 3.8) is 0 Å². The molecular formula is C16H13NO4. The van der Waals surface area contributed by atoms with Crippen LogP contribution < -0.4 is 0 Å². The van der Waals surface area contributed by atoms with Crippen molar-refractivity contribution in [1.29, 1.82) is 0 Å². The Morgan fingerprint density at radius 3 is 2.62 bits per heavy atom. The van der Waals surface area contributed by atoms with Crippen molar-refractivity contribution in [2.75, 3.05) is 6.61 Å². The molecule has 21 heavy (non-hydrogen) atoms. The highest BCUT2D eigenvalue weighted by molar-refractivity contribution is 6.01. The molecule has 3 rings (SSSR count). The van der Waals surface area contributed by atoms with E-state index in [9.17, 15) is 9.90 Å². The second kappa shape index (κ2) is 5.28. The maximum absolute atomic E-state index is 11.7. The molecule has 1 heterocycles. The van der Waals surface area contributed by atoms with E-state index >= 15 is 0 Å². The molecule has 5 heteroatoms. The third kappa shape index (κ3) is 2.45. The van der Waals surface area contributed by atoms with Crippen LogP contribution in [-0.4, -0.2) is 22.8 Å². The molecule has 1 N–H and O–H groups in total. The normalized spacial score (nSPS) is 10.7. The molecule has 2 aromatic carbocycles. The van der Waals surface area contributed by atoms with Gasteiger partial charge in [0.15, 0.2) is 0 Å². The first-order valence-corrected chi connectivity index (χ1v) is 6.55. The van der Waals surface area contributed by atoms with Crippen LogP contribution in [0.2, 0.25) is 0 Å². The summed E-state index contributed by atoms with van der Waals surface area (Å²) in [6.07, 6.45) is 0. The van der Waals surface area contributed by atoms with E-state index in [-0.39, 0.29) is 18.1 Å². The van der Waals surface area contributed by atoms with Gasteiger partial charge in [-0.3, -0.25) is 0 Å². The second-order valence-electron chi connectivity index (χ2n) is 4.51. The molecule has 3 aromatic rings. The van der Waals surface area contributed by atoms with E-state index in [2.05, 4.69) is 5.16 Å². The number of benzene rings is 2. The quantitative estimate of drug-likeness (QED) is 0.746. The summed E-state index contributed by atoms with van der Waals surface area (Å²) in [7, 11) is 0. The fourth-order valence-corrected chi connectivity index (χ4v) is 2.12. The first-order valence-electron chi connectivity index (χ1n) is 6.55. The Morgan fingerprint density at radius 2 is 1.90 bits per heavy atom. The van der Waals surface area contributed by atoms with Crippen LogP contribution in [0.15, 0.2) is 47.0 Å². The van der Waals surface area contributed by atoms with Crippen molar-refractivity contribution < 1.29 is 19.2 Å². The lowest BCUT2D eigenvalue weighted by Crippen LogP contribution is -2.03. The van der Waals surface area contributed by atoms with Crippen LogP contribution in [0.1, 0.15) is 17.5 Å². The zero-order valence-electron chi connectivity index (χ0n) is 11.4. The van der Waals surface area contributed by atoms with Crippen LogP contribution >= 0.6 is 0 Å². The minimum Gasteiger partial charge on any atom is -0.508 e. The standard InChI is InChI=1S/C16H13NO4/c1-2-20-16(19)15-13-8-5-11(9-14(13)17-21-15)10-3-6-12(18)7-4-10/h3-9,18H,2H2,1H3. The highest BCUT2D eigenvalue weighted by Gasteiger charge is 2.18. The smallest absolute Gasteiger partial charge is 0.377 e. The molecule has 1 aromatic heterocycles. The molecule has 0 saturated heterocycles. The lowest BCUT2D eigenvalue weighted by atomic mass is 10.0. The largest absolute Gasteiger partial charge is 0.508 e. The van der Waals surface area contributed by atoms with E-state index in [1.165, 1.54) is 0 Å². The molecule has 0 saturated carbocycles. The van der Waals surface area contributed by atoms with Crippen molar-refractivity contribution in [3.8, 4) is 16.9 Å². The number of carbonyl (C=O) groups excluding carboxylic acids is 1. The number of carbonyl (C=O) groups is 1. The fourth-order valence-electron chi connectivity index (χ4n) is 2.12. The van der Waals surface area contributed by atoms with Crippen molar-refractivity contribution in [3.05, 3.63) is 48.2 Å². The summed E-state index contributed by atoms with van der Waals surface area (Å²) in [4.78, 5) is 11.7. The maximum atomic E-state index is 11.7. The first-order chi connectivity index (χ1) is 10.2. The predicted octanol–water partition coefficient (Wildman–Crippen LogP) is 3.38. The molecule has 0 aliphatic rings. The Hall–Kier alpha value is -2.82. The number of phenols is 1. The van der Waals surface area contributed by atoms with Crippen molar-refractivity contribution in [1.82, 2.24) is 5.16 Å². The Bertz CT molecular complexity index is 790. The molecule has 0 spiro atoms. The number of hydrogen-bond acceptors (Lipinski definition) is 5. The molecule has 0 bridgehead atoms. The van der Waals surface area contributed by atoms with Crippen molar-refractivity contribution in [2.45, 2.75) is 6.92 Å². The van der Waals surface area contributed by atoms with Crippen LogP contribution in [0.5, 0.6) is 5.75 Å². The monoisotopic (exact) mass is 283 g/mol. The van der Waals surface area contributed by atoms with E-state index in [0.29, 0.717) is 10.9 Å². The van der Waals surface area contributed by atoms with Gasteiger partial charge in [-0.1, -0.05) is 23.4 Å². The average Bonchev–Trinajstić information content (AvgIpc) is 2.91. The van der Waals surface area contributed by atoms with Crippen molar-refractivity contribution in [2.24, 2.45) is 0 Å². The minimum atomic E-state index is -0.516. The number of esters is 1. The number of fused-ring (bicyclic) bond motifs is 1. The zero-order chi connectivity index (χ0) is 14.8. The summed E-state index contributed by atoms with van der Waals surface area (Å²) in [5.74, 6) is -0.188. The number of nitrogens with zero attached hydrogens (tertiary/aromatic N) is 1. The number of aromatic nitrogens is 1. The number of rotatable bonds is 3. The average molecular weight is 283 g/mol. The summed E-state index contributed by atoms with van der Waals surface area (Å²) in [5, 5.41) is 13.8. The van der Waals surface area contributed by atoms with E-state index in [0.717, 1.165) is 11.1 Å². The van der Waals surface area contributed by atoms with Gasteiger partial charge in [0.2, 0.25) is 0 Å². The molecule has 0 amide bonds. The van der Waals surface area contributed by atoms with E-state index in [1.54, 1.807) is 25.1 Å². The second-order valence-corrected chi connectivity index (χ2v) is 4.51. The SMILES string of the molecule is CCOC(=O)c1onc2cc(-c3ccc(O)cc3)ccc12. The van der Waals surface area contributed by atoms with Gasteiger partial charge in [0.1, 0.15) is 11.3 Å². The van der Waals surface area contributed by atoms with Crippen LogP contribution in [0.4, 0.5) is 0 Å². The lowest BCUT2D eigenvalue weighted by molar-refractivity contribution is 0.0483. The predicted molar refractivity (Wildman–Crippen MR) is 77.1 cm³/mol. The van der Waals surface area contributed by atoms with Gasteiger partial charge in [-0.2, -0.15) is 0 Å². The molecule has 106 valence electrons. The highest BCUT2D eigenvalue weighted by atomic mass is 16.6. The summed E-state index contributed by atoms with van der Waals surface area (Å²) in [5.41, 5.74) is 2.45. The number of hydrogen-bond donors (Lipinski definition) is 1. The lowest BCUT2D eigenvalue weighted by Gasteiger charge is -2.02. The molecular weight excluding hydrogens is 270 g/mol. The van der Waals surface area contributed by atoms with Gasteiger partial charge >= 0.3 is 5.97 Å². The molecule has 0 radical (unpaired) electrons. The number of aromatic hydroxyl groups is 1. The van der Waals surface area contributed by atoms with Crippen molar-refractivity contribution >= 4 is 16.9 Å². The van der Waals surface area contributed by atoms with E-state index in [4.69, 9.17) is 9.26 Å². The van der Waals surface area contributed by atoms with Gasteiger partial charge in [-0.25, -0.2) is 4.79 Å². The van der Waals surface area contributed by atoms with Crippen LogP contribution in [-0.2, 0) is 4.74 Å². The van der Waals surface area contributed by atoms with Crippen LogP contribution in [0, 0.1) is 0 Å². The molecule has 0 atom stereocenters. The first kappa shape index (κ1) is 13.2. The van der Waals surface area contributed by atoms with E-state index in [1.807, 2.05) is 24.3 Å². The van der Waals surface area contributed by atoms with Gasteiger partial charge in [0.25, 0.3) is 5.76 Å². The summed E-state index contributed by atoms with van der Waals surface area (Å²) in [6, 6.07) is 12.3. The summed E-state index contributed by atoms with van der Waals surface area (Å²) < 4.78 is 10.00. The Labute approximate surface area is 120 Å². The number of ether oxygens (including phenoxy) is 1. The summed E-state index contributed by atoms with van der Waals surface area (Å²) in [6.45, 7) is 2.02.